The number of hydrogen-bond acceptors (Lipinski definition) is 5. The molecule has 0 radical (unpaired) electrons. The van der Waals surface area contributed by atoms with E-state index in [1.165, 1.54) is 4.31 Å². The third-order valence-electron chi connectivity index (χ3n) is 3.47. The second kappa shape index (κ2) is 4.59. The van der Waals surface area contributed by atoms with Crippen LogP contribution < -0.4 is 4.31 Å². The summed E-state index contributed by atoms with van der Waals surface area (Å²) in [5, 5.41) is 10.6. The maximum absolute atomic E-state index is 12.2. The molecule has 0 amide bonds. The fraction of sp³-hybridized carbons (Fsp3) is 0.385. The van der Waals surface area contributed by atoms with Crippen molar-refractivity contribution in [1.82, 2.24) is 9.97 Å². The second-order valence-electron chi connectivity index (χ2n) is 4.86. The Morgan fingerprint density at radius 2 is 2.15 bits per heavy atom. The minimum atomic E-state index is -3.34. The number of fused-ring (bicyclic) bond motifs is 1. The summed E-state index contributed by atoms with van der Waals surface area (Å²) in [6.07, 6.45) is 3.05. The summed E-state index contributed by atoms with van der Waals surface area (Å²) >= 11 is 0. The van der Waals surface area contributed by atoms with Crippen LogP contribution in [0, 0.1) is 6.92 Å². The van der Waals surface area contributed by atoms with Crippen molar-refractivity contribution in [1.29, 1.82) is 0 Å². The van der Waals surface area contributed by atoms with Crippen molar-refractivity contribution in [2.24, 2.45) is 0 Å². The van der Waals surface area contributed by atoms with Crippen molar-refractivity contribution >= 4 is 26.7 Å². The van der Waals surface area contributed by atoms with Crippen molar-refractivity contribution in [2.75, 3.05) is 16.6 Å². The molecule has 6 nitrogen and oxygen atoms in total. The Bertz CT molecular complexity index is 774. The van der Waals surface area contributed by atoms with E-state index in [2.05, 4.69) is 9.97 Å². The number of rotatable bonds is 1. The lowest BCUT2D eigenvalue weighted by Gasteiger charge is -2.28. The first kappa shape index (κ1) is 13.1. The normalized spacial score (nSPS) is 18.4. The summed E-state index contributed by atoms with van der Waals surface area (Å²) in [5.74, 6) is 0.498. The molecule has 1 N–H and O–H groups in total. The molecule has 0 spiro atoms. The molecule has 7 heteroatoms. The molecular weight excluding hydrogens is 278 g/mol. The quantitative estimate of drug-likeness (QED) is 0.863. The number of sulfonamides is 1. The highest BCUT2D eigenvalue weighted by atomic mass is 32.2. The summed E-state index contributed by atoms with van der Waals surface area (Å²) in [7, 11) is -3.34. The molecule has 106 valence electrons. The number of pyridine rings is 2. The van der Waals surface area contributed by atoms with Crippen LogP contribution in [0.15, 0.2) is 18.3 Å². The van der Waals surface area contributed by atoms with Crippen LogP contribution in [0.5, 0.6) is 5.75 Å². The molecule has 1 saturated heterocycles. The molecule has 1 aliphatic heterocycles. The van der Waals surface area contributed by atoms with E-state index in [4.69, 9.17) is 0 Å². The Hall–Kier alpha value is -1.89. The molecule has 2 aromatic rings. The van der Waals surface area contributed by atoms with Gasteiger partial charge in [-0.2, -0.15) is 0 Å². The van der Waals surface area contributed by atoms with Gasteiger partial charge in [-0.3, -0.25) is 9.29 Å². The van der Waals surface area contributed by atoms with Crippen molar-refractivity contribution in [3.8, 4) is 5.75 Å². The largest absolute Gasteiger partial charge is 0.504 e. The van der Waals surface area contributed by atoms with Crippen LogP contribution in [0.4, 0.5) is 5.82 Å². The molecule has 0 aromatic carbocycles. The van der Waals surface area contributed by atoms with E-state index in [0.29, 0.717) is 35.4 Å². The standard InChI is InChI=1S/C13H15N3O3S/c1-9-12(17)11-10(5-4-6-14-11)13(15-9)16-7-2-3-8-20(16,18)19/h4-6,17H,2-3,7-8H2,1H3. The van der Waals surface area contributed by atoms with Gasteiger partial charge in [-0.25, -0.2) is 13.4 Å². The smallest absolute Gasteiger partial charge is 0.236 e. The Morgan fingerprint density at radius 3 is 2.90 bits per heavy atom. The van der Waals surface area contributed by atoms with Gasteiger partial charge in [-0.05, 0) is 31.9 Å². The van der Waals surface area contributed by atoms with Crippen LogP contribution in [0.25, 0.3) is 10.9 Å². The molecule has 0 unspecified atom stereocenters. The molecule has 3 heterocycles. The minimum absolute atomic E-state index is 0.00115. The predicted octanol–water partition coefficient (Wildman–Crippen LogP) is 1.57. The third kappa shape index (κ3) is 1.98. The van der Waals surface area contributed by atoms with Gasteiger partial charge in [0.15, 0.2) is 11.6 Å². The van der Waals surface area contributed by atoms with Gasteiger partial charge < -0.3 is 5.11 Å². The summed E-state index contributed by atoms with van der Waals surface area (Å²) in [4.78, 5) is 8.41. The van der Waals surface area contributed by atoms with Crippen molar-refractivity contribution in [2.45, 2.75) is 19.8 Å². The highest BCUT2D eigenvalue weighted by Gasteiger charge is 2.29. The molecule has 20 heavy (non-hydrogen) atoms. The van der Waals surface area contributed by atoms with Crippen LogP contribution in [-0.4, -0.2) is 35.8 Å². The number of aryl methyl sites for hydroxylation is 1. The van der Waals surface area contributed by atoms with Gasteiger partial charge in [0.25, 0.3) is 0 Å². The van der Waals surface area contributed by atoms with Gasteiger partial charge in [0, 0.05) is 18.1 Å². The number of anilines is 1. The Kier molecular flexibility index (Phi) is 3.01. The van der Waals surface area contributed by atoms with Gasteiger partial charge in [0.2, 0.25) is 10.0 Å². The van der Waals surface area contributed by atoms with Crippen LogP contribution in [0.3, 0.4) is 0 Å². The van der Waals surface area contributed by atoms with E-state index in [-0.39, 0.29) is 11.5 Å². The molecule has 0 aliphatic carbocycles. The molecule has 2 aromatic heterocycles. The highest BCUT2D eigenvalue weighted by molar-refractivity contribution is 7.92. The topological polar surface area (TPSA) is 83.4 Å². The average molecular weight is 293 g/mol. The fourth-order valence-electron chi connectivity index (χ4n) is 2.43. The zero-order chi connectivity index (χ0) is 14.3. The van der Waals surface area contributed by atoms with Crippen molar-refractivity contribution < 1.29 is 13.5 Å². The van der Waals surface area contributed by atoms with Crippen LogP contribution in [0.1, 0.15) is 18.5 Å². The Balaban J connectivity index is 2.29. The van der Waals surface area contributed by atoms with Gasteiger partial charge in [-0.15, -0.1) is 0 Å². The summed E-state index contributed by atoms with van der Waals surface area (Å²) < 4.78 is 25.8. The Labute approximate surface area is 117 Å². The summed E-state index contributed by atoms with van der Waals surface area (Å²) in [5.41, 5.74) is 0.766. The van der Waals surface area contributed by atoms with E-state index in [0.717, 1.165) is 6.42 Å². The van der Waals surface area contributed by atoms with E-state index < -0.39 is 10.0 Å². The van der Waals surface area contributed by atoms with E-state index in [1.54, 1.807) is 25.3 Å². The third-order valence-corrected chi connectivity index (χ3v) is 5.31. The second-order valence-corrected chi connectivity index (χ2v) is 6.88. The average Bonchev–Trinajstić information content (AvgIpc) is 2.43. The van der Waals surface area contributed by atoms with E-state index in [9.17, 15) is 13.5 Å². The number of aromatic hydroxyl groups is 1. The predicted molar refractivity (Wildman–Crippen MR) is 76.3 cm³/mol. The SMILES string of the molecule is Cc1nc(N2CCCCS2(=O)=O)c2cccnc2c1O. The van der Waals surface area contributed by atoms with Crippen LogP contribution in [-0.2, 0) is 10.0 Å². The minimum Gasteiger partial charge on any atom is -0.504 e. The van der Waals surface area contributed by atoms with Gasteiger partial charge in [0.05, 0.1) is 11.4 Å². The zero-order valence-corrected chi connectivity index (χ0v) is 11.9. The molecule has 3 rings (SSSR count). The van der Waals surface area contributed by atoms with Gasteiger partial charge >= 0.3 is 0 Å². The Morgan fingerprint density at radius 1 is 1.35 bits per heavy atom. The lowest BCUT2D eigenvalue weighted by atomic mass is 10.2. The fourth-order valence-corrected chi connectivity index (χ4v) is 4.03. The molecule has 0 bridgehead atoms. The molecule has 1 fully saturated rings. The first-order chi connectivity index (χ1) is 9.50. The zero-order valence-electron chi connectivity index (χ0n) is 11.1. The molecule has 1 aliphatic rings. The number of nitrogens with zero attached hydrogens (tertiary/aromatic N) is 3. The maximum atomic E-state index is 12.2. The van der Waals surface area contributed by atoms with Gasteiger partial charge in [-0.1, -0.05) is 0 Å². The van der Waals surface area contributed by atoms with Crippen molar-refractivity contribution in [3.63, 3.8) is 0 Å². The van der Waals surface area contributed by atoms with Crippen LogP contribution in [0.2, 0.25) is 0 Å². The first-order valence-corrected chi connectivity index (χ1v) is 8.06. The monoisotopic (exact) mass is 293 g/mol. The number of aromatic nitrogens is 2. The molecule has 0 atom stereocenters. The lowest BCUT2D eigenvalue weighted by molar-refractivity contribution is 0.473. The first-order valence-electron chi connectivity index (χ1n) is 6.45. The van der Waals surface area contributed by atoms with Crippen molar-refractivity contribution in [3.05, 3.63) is 24.0 Å². The van der Waals surface area contributed by atoms with E-state index in [1.807, 2.05) is 0 Å². The highest BCUT2D eigenvalue weighted by Crippen LogP contribution is 2.34. The lowest BCUT2D eigenvalue weighted by Crippen LogP contribution is -2.38. The van der Waals surface area contributed by atoms with E-state index >= 15 is 0 Å². The molecular formula is C13H15N3O3S. The maximum Gasteiger partial charge on any atom is 0.236 e. The number of hydrogen-bond donors (Lipinski definition) is 1. The summed E-state index contributed by atoms with van der Waals surface area (Å²) in [6, 6.07) is 3.44. The van der Waals surface area contributed by atoms with Crippen LogP contribution >= 0.6 is 0 Å². The molecule has 0 saturated carbocycles. The summed E-state index contributed by atoms with van der Waals surface area (Å²) in [6.45, 7) is 2.06. The van der Waals surface area contributed by atoms with Gasteiger partial charge in [0.1, 0.15) is 5.52 Å².